The van der Waals surface area contributed by atoms with Crippen LogP contribution >= 0.6 is 35.0 Å². The van der Waals surface area contributed by atoms with E-state index in [0.717, 1.165) is 41.7 Å². The van der Waals surface area contributed by atoms with Crippen LogP contribution in [0.15, 0.2) is 103 Å². The predicted octanol–water partition coefficient (Wildman–Crippen LogP) is 10.9. The summed E-state index contributed by atoms with van der Waals surface area (Å²) < 4.78 is 29.3. The van der Waals surface area contributed by atoms with Crippen LogP contribution in [-0.4, -0.2) is 45.5 Å². The van der Waals surface area contributed by atoms with Gasteiger partial charge in [0.05, 0.1) is 10.0 Å². The number of anilines is 2. The molecule has 7 rings (SSSR count). The first-order valence-electron chi connectivity index (χ1n) is 15.8. The lowest BCUT2D eigenvalue weighted by Gasteiger charge is -2.08. The monoisotopic (exact) mass is 714 g/mol. The van der Waals surface area contributed by atoms with Crippen LogP contribution < -0.4 is 10.6 Å². The molecule has 49 heavy (non-hydrogen) atoms. The number of hydrogen-bond donors (Lipinski definition) is 4. The van der Waals surface area contributed by atoms with Crippen molar-refractivity contribution < 1.29 is 8.78 Å². The quantitative estimate of drug-likeness (QED) is 0.100. The normalized spacial score (nSPS) is 11.0. The van der Waals surface area contributed by atoms with Gasteiger partial charge < -0.3 is 10.6 Å². The van der Waals surface area contributed by atoms with Crippen molar-refractivity contribution in [3.8, 4) is 22.3 Å². The predicted molar refractivity (Wildman–Crippen MR) is 203 cm³/mol. The maximum atomic E-state index is 14.7. The second-order valence-electron chi connectivity index (χ2n) is 11.3. The Morgan fingerprint density at radius 1 is 0.653 bits per heavy atom. The number of halogens is 4. The highest BCUT2D eigenvalue weighted by molar-refractivity contribution is 7.98. The van der Waals surface area contributed by atoms with Crippen molar-refractivity contribution in [3.05, 3.63) is 130 Å². The Hall–Kier alpha value is -4.57. The molecule has 7 aromatic rings. The van der Waals surface area contributed by atoms with Crippen molar-refractivity contribution in [3.63, 3.8) is 0 Å². The van der Waals surface area contributed by atoms with Gasteiger partial charge in [-0.05, 0) is 53.7 Å². The van der Waals surface area contributed by atoms with Crippen LogP contribution in [0.4, 0.5) is 20.4 Å². The first-order chi connectivity index (χ1) is 24.0. The molecule has 0 aliphatic rings. The molecule has 0 saturated carbocycles. The van der Waals surface area contributed by atoms with Crippen molar-refractivity contribution in [2.24, 2.45) is 0 Å². The average Bonchev–Trinajstić information content (AvgIpc) is 3.75. The first kappa shape index (κ1) is 34.3. The molecule has 0 atom stereocenters. The summed E-state index contributed by atoms with van der Waals surface area (Å²) in [6.07, 6.45) is 3.96. The van der Waals surface area contributed by atoms with E-state index in [1.807, 2.05) is 91.0 Å². The third-order valence-electron chi connectivity index (χ3n) is 8.02. The smallest absolute Gasteiger partial charge is 0.168 e. The van der Waals surface area contributed by atoms with Gasteiger partial charge in [0, 0.05) is 35.0 Å². The first-order valence-corrected chi connectivity index (χ1v) is 17.9. The molecule has 6 nitrogen and oxygen atoms in total. The van der Waals surface area contributed by atoms with Crippen molar-refractivity contribution in [2.45, 2.75) is 12.8 Å². The van der Waals surface area contributed by atoms with Crippen molar-refractivity contribution in [1.29, 1.82) is 0 Å². The Balaban J connectivity index is 0.000000171. The summed E-state index contributed by atoms with van der Waals surface area (Å²) in [5, 5.41) is 22.1. The second-order valence-corrected chi connectivity index (χ2v) is 13.0. The van der Waals surface area contributed by atoms with Gasteiger partial charge in [0.25, 0.3) is 0 Å². The lowest BCUT2D eigenvalue weighted by Crippen LogP contribution is -2.05. The number of rotatable bonds is 11. The Kier molecular flexibility index (Phi) is 11.4. The summed E-state index contributed by atoms with van der Waals surface area (Å²) in [7, 11) is 0. The third-order valence-corrected chi connectivity index (χ3v) is 9.45. The summed E-state index contributed by atoms with van der Waals surface area (Å²) in [6, 6.07) is 33.1. The maximum Gasteiger partial charge on any atom is 0.168 e. The van der Waals surface area contributed by atoms with Crippen LogP contribution in [0.5, 0.6) is 0 Å². The Morgan fingerprint density at radius 2 is 1.10 bits per heavy atom. The summed E-state index contributed by atoms with van der Waals surface area (Å²) in [6.45, 7) is 1.50. The largest absolute Gasteiger partial charge is 0.368 e. The van der Waals surface area contributed by atoms with Crippen LogP contribution in [0, 0.1) is 11.6 Å². The number of aromatic nitrogens is 4. The highest BCUT2D eigenvalue weighted by Gasteiger charge is 2.19. The lowest BCUT2D eigenvalue weighted by atomic mass is 10.0. The minimum atomic E-state index is -0.480. The Labute approximate surface area is 297 Å². The molecular weight excluding hydrogens is 681 g/mol. The van der Waals surface area contributed by atoms with Gasteiger partial charge in [0.1, 0.15) is 11.0 Å². The van der Waals surface area contributed by atoms with E-state index in [4.69, 9.17) is 23.2 Å². The van der Waals surface area contributed by atoms with E-state index in [0.29, 0.717) is 45.7 Å². The van der Waals surface area contributed by atoms with Crippen molar-refractivity contribution in [1.82, 2.24) is 20.4 Å². The molecule has 250 valence electrons. The van der Waals surface area contributed by atoms with Gasteiger partial charge in [-0.1, -0.05) is 114 Å². The number of thioether (sulfide) groups is 1. The zero-order chi connectivity index (χ0) is 34.2. The van der Waals surface area contributed by atoms with Gasteiger partial charge in [-0.3, -0.25) is 10.2 Å². The molecule has 0 radical (unpaired) electrons. The number of H-pyrrole nitrogens is 2. The minimum Gasteiger partial charge on any atom is -0.368 e. The minimum absolute atomic E-state index is 0.100. The number of aromatic amines is 2. The van der Waals surface area contributed by atoms with Crippen LogP contribution in [-0.2, 0) is 6.42 Å². The molecule has 0 spiro atoms. The fourth-order valence-electron chi connectivity index (χ4n) is 5.51. The molecule has 0 unspecified atom stereocenters. The van der Waals surface area contributed by atoms with E-state index in [1.165, 1.54) is 5.56 Å². The van der Waals surface area contributed by atoms with E-state index in [9.17, 15) is 8.78 Å². The highest BCUT2D eigenvalue weighted by Crippen LogP contribution is 2.38. The second kappa shape index (κ2) is 16.2. The van der Waals surface area contributed by atoms with Gasteiger partial charge in [0.2, 0.25) is 0 Å². The van der Waals surface area contributed by atoms with Crippen LogP contribution in [0.25, 0.3) is 44.1 Å². The topological polar surface area (TPSA) is 81.4 Å². The van der Waals surface area contributed by atoms with Gasteiger partial charge in [0.15, 0.2) is 23.3 Å². The van der Waals surface area contributed by atoms with E-state index < -0.39 is 11.6 Å². The van der Waals surface area contributed by atoms with E-state index in [2.05, 4.69) is 49.4 Å². The summed E-state index contributed by atoms with van der Waals surface area (Å²) in [5.41, 5.74) is 4.97. The molecule has 2 aromatic heterocycles. The lowest BCUT2D eigenvalue weighted by molar-refractivity contribution is 0.637. The van der Waals surface area contributed by atoms with Gasteiger partial charge in [-0.25, -0.2) is 8.78 Å². The SMILES string of the molecule is CSCCCNc1n[nH]c2c(F)c(Cl)c(-c3ccccc3)cc12.Fc1c(Cl)c(-c2ccccc2)cc2c(NCCc3ccccc3)n[nH]c12. The molecule has 0 fully saturated rings. The number of hydrogen-bond acceptors (Lipinski definition) is 5. The molecule has 0 aliphatic carbocycles. The molecule has 0 saturated heterocycles. The van der Waals surface area contributed by atoms with E-state index >= 15 is 0 Å². The maximum absolute atomic E-state index is 14.7. The zero-order valence-corrected chi connectivity index (χ0v) is 29.0. The molecule has 0 amide bonds. The Bertz CT molecular complexity index is 2140. The molecule has 4 N–H and O–H groups in total. The van der Waals surface area contributed by atoms with Crippen molar-refractivity contribution >= 4 is 68.4 Å². The number of nitrogens with one attached hydrogen (secondary N) is 4. The fourth-order valence-corrected chi connectivity index (χ4v) is 6.46. The third kappa shape index (κ3) is 7.85. The zero-order valence-electron chi connectivity index (χ0n) is 26.7. The van der Waals surface area contributed by atoms with Gasteiger partial charge in [-0.15, -0.1) is 0 Å². The van der Waals surface area contributed by atoms with Crippen LogP contribution in [0.3, 0.4) is 0 Å². The number of nitrogens with zero attached hydrogens (tertiary/aromatic N) is 2. The number of fused-ring (bicyclic) bond motifs is 2. The van der Waals surface area contributed by atoms with Gasteiger partial charge in [-0.2, -0.15) is 22.0 Å². The van der Waals surface area contributed by atoms with E-state index in [1.54, 1.807) is 11.8 Å². The summed E-state index contributed by atoms with van der Waals surface area (Å²) >= 11 is 14.3. The molecule has 2 heterocycles. The molecule has 0 aliphatic heterocycles. The van der Waals surface area contributed by atoms with E-state index in [-0.39, 0.29) is 10.0 Å². The van der Waals surface area contributed by atoms with Crippen LogP contribution in [0.2, 0.25) is 10.0 Å². The summed E-state index contributed by atoms with van der Waals surface area (Å²) in [4.78, 5) is 0. The molecular formula is C38H34Cl2F2N6S. The standard InChI is InChI=1S/C21H17ClFN3.C17H17ClFN3S/c22-18-16(15-9-5-2-6-10-15)13-17-20(19(18)23)25-26-21(17)24-12-11-14-7-3-1-4-8-14;1-23-9-5-8-20-17-13-10-12(11-6-3-2-4-7-11)14(18)15(19)16(13)21-22-17/h1-10,13H,11-12H2,(H2,24,25,26);2-4,6-7,10H,5,8-9H2,1H3,(H2,20,21,22). The Morgan fingerprint density at radius 3 is 1.57 bits per heavy atom. The average molecular weight is 716 g/mol. The van der Waals surface area contributed by atoms with Crippen molar-refractivity contribution in [2.75, 3.05) is 35.7 Å². The molecule has 0 bridgehead atoms. The molecule has 11 heteroatoms. The fraction of sp³-hybridized carbons (Fsp3) is 0.158. The van der Waals surface area contributed by atoms with Crippen LogP contribution in [0.1, 0.15) is 12.0 Å². The molecule has 5 aromatic carbocycles. The van der Waals surface area contributed by atoms with Gasteiger partial charge >= 0.3 is 0 Å². The highest BCUT2D eigenvalue weighted by atomic mass is 35.5. The summed E-state index contributed by atoms with van der Waals surface area (Å²) in [5.74, 6) is 1.42. The number of benzene rings is 5.